The Bertz CT molecular complexity index is 257. The maximum atomic E-state index is 11.1. The van der Waals surface area contributed by atoms with Crippen LogP contribution in [0.4, 0.5) is 0 Å². The van der Waals surface area contributed by atoms with Crippen molar-refractivity contribution in [2.75, 3.05) is 39.3 Å². The Morgan fingerprint density at radius 1 is 1.44 bits per heavy atom. The molecular formula is C13H27N3O2. The van der Waals surface area contributed by atoms with Crippen LogP contribution in [-0.4, -0.2) is 72.2 Å². The van der Waals surface area contributed by atoms with Crippen molar-refractivity contribution in [3.05, 3.63) is 0 Å². The molecule has 1 heterocycles. The second-order valence-corrected chi connectivity index (χ2v) is 4.87. The summed E-state index contributed by atoms with van der Waals surface area (Å²) in [4.78, 5) is 15.8. The molecule has 0 saturated carbocycles. The van der Waals surface area contributed by atoms with Crippen molar-refractivity contribution in [1.29, 1.82) is 0 Å². The number of carboxylic acids is 1. The number of hydrogen-bond donors (Lipinski definition) is 2. The van der Waals surface area contributed by atoms with Gasteiger partial charge in [0, 0.05) is 19.1 Å². The number of rotatable bonds is 8. The van der Waals surface area contributed by atoms with E-state index in [1.165, 1.54) is 0 Å². The van der Waals surface area contributed by atoms with Crippen LogP contribution in [0.25, 0.3) is 0 Å². The highest BCUT2D eigenvalue weighted by Crippen LogP contribution is 2.15. The maximum absolute atomic E-state index is 11.1. The minimum atomic E-state index is -0.747. The van der Waals surface area contributed by atoms with E-state index in [0.29, 0.717) is 19.1 Å². The lowest BCUT2D eigenvalue weighted by Crippen LogP contribution is -2.46. The minimum Gasteiger partial charge on any atom is -0.480 e. The summed E-state index contributed by atoms with van der Waals surface area (Å²) in [5.41, 5.74) is 0. The zero-order chi connectivity index (χ0) is 13.5. The zero-order valence-corrected chi connectivity index (χ0v) is 11.9. The Morgan fingerprint density at radius 3 is 2.61 bits per heavy atom. The summed E-state index contributed by atoms with van der Waals surface area (Å²) >= 11 is 0. The third-order valence-corrected chi connectivity index (χ3v) is 3.77. The van der Waals surface area contributed by atoms with Gasteiger partial charge in [0.05, 0.1) is 0 Å². The topological polar surface area (TPSA) is 55.8 Å². The molecule has 1 aliphatic heterocycles. The van der Waals surface area contributed by atoms with E-state index >= 15 is 0 Å². The molecule has 1 aliphatic rings. The predicted molar refractivity (Wildman–Crippen MR) is 72.9 cm³/mol. The molecule has 0 radical (unpaired) electrons. The molecule has 1 saturated heterocycles. The molecule has 5 heteroatoms. The fourth-order valence-electron chi connectivity index (χ4n) is 2.75. The van der Waals surface area contributed by atoms with Crippen molar-refractivity contribution in [1.82, 2.24) is 15.1 Å². The van der Waals surface area contributed by atoms with E-state index in [9.17, 15) is 4.79 Å². The molecule has 2 N–H and O–H groups in total. The summed E-state index contributed by atoms with van der Waals surface area (Å²) in [5, 5.41) is 12.2. The quantitative estimate of drug-likeness (QED) is 0.662. The standard InChI is InChI=1S/C13H27N3O2/c1-4-14-12(13(17)18)10-15-8-7-11(9-15)16(5-2)6-3/h11-12,14H,4-10H2,1-3H3,(H,17,18). The lowest BCUT2D eigenvalue weighted by atomic mass is 10.2. The van der Waals surface area contributed by atoms with Gasteiger partial charge in [0.1, 0.15) is 6.04 Å². The largest absolute Gasteiger partial charge is 0.480 e. The molecule has 1 fully saturated rings. The van der Waals surface area contributed by atoms with Crippen LogP contribution in [0.1, 0.15) is 27.2 Å². The first kappa shape index (κ1) is 15.4. The number of carboxylic acid groups (broad SMARTS) is 1. The Labute approximate surface area is 110 Å². The smallest absolute Gasteiger partial charge is 0.322 e. The Kier molecular flexibility index (Phi) is 6.60. The zero-order valence-electron chi connectivity index (χ0n) is 11.9. The van der Waals surface area contributed by atoms with Crippen molar-refractivity contribution >= 4 is 5.97 Å². The Hall–Kier alpha value is -0.650. The average Bonchev–Trinajstić information content (AvgIpc) is 2.78. The highest BCUT2D eigenvalue weighted by Gasteiger charge is 2.29. The predicted octanol–water partition coefficient (Wildman–Crippen LogP) is 0.465. The highest BCUT2D eigenvalue weighted by molar-refractivity contribution is 5.73. The molecule has 0 aromatic heterocycles. The first-order valence-corrected chi connectivity index (χ1v) is 7.04. The maximum Gasteiger partial charge on any atom is 0.322 e. The van der Waals surface area contributed by atoms with Crippen molar-refractivity contribution in [3.8, 4) is 0 Å². The van der Waals surface area contributed by atoms with Gasteiger partial charge in [-0.05, 0) is 32.6 Å². The van der Waals surface area contributed by atoms with Gasteiger partial charge in [-0.15, -0.1) is 0 Å². The van der Waals surface area contributed by atoms with Gasteiger partial charge in [-0.2, -0.15) is 0 Å². The van der Waals surface area contributed by atoms with Gasteiger partial charge in [-0.3, -0.25) is 14.6 Å². The van der Waals surface area contributed by atoms with Crippen molar-refractivity contribution < 1.29 is 9.90 Å². The molecule has 2 unspecified atom stereocenters. The first-order chi connectivity index (χ1) is 8.62. The second kappa shape index (κ2) is 7.71. The van der Waals surface area contributed by atoms with Gasteiger partial charge in [0.15, 0.2) is 0 Å². The minimum absolute atomic E-state index is 0.439. The number of aliphatic carboxylic acids is 1. The van der Waals surface area contributed by atoms with Crippen LogP contribution in [0.2, 0.25) is 0 Å². The second-order valence-electron chi connectivity index (χ2n) is 4.87. The third kappa shape index (κ3) is 4.23. The fourth-order valence-corrected chi connectivity index (χ4v) is 2.75. The van der Waals surface area contributed by atoms with Crippen LogP contribution in [0.15, 0.2) is 0 Å². The van der Waals surface area contributed by atoms with Crippen LogP contribution in [0.3, 0.4) is 0 Å². The SMILES string of the molecule is CCNC(CN1CCC(N(CC)CC)C1)C(=O)O. The van der Waals surface area contributed by atoms with Crippen LogP contribution in [0.5, 0.6) is 0 Å². The summed E-state index contributed by atoms with van der Waals surface area (Å²) in [6.07, 6.45) is 1.15. The number of carbonyl (C=O) groups is 1. The molecule has 0 aromatic carbocycles. The molecule has 0 spiro atoms. The van der Waals surface area contributed by atoms with E-state index in [1.807, 2.05) is 6.92 Å². The van der Waals surface area contributed by atoms with Gasteiger partial charge in [0.2, 0.25) is 0 Å². The molecule has 0 aliphatic carbocycles. The normalized spacial score (nSPS) is 22.6. The van der Waals surface area contributed by atoms with E-state index < -0.39 is 12.0 Å². The monoisotopic (exact) mass is 257 g/mol. The van der Waals surface area contributed by atoms with Crippen LogP contribution < -0.4 is 5.32 Å². The van der Waals surface area contributed by atoms with Gasteiger partial charge < -0.3 is 10.4 Å². The van der Waals surface area contributed by atoms with E-state index in [0.717, 1.165) is 32.6 Å². The number of nitrogens with zero attached hydrogens (tertiary/aromatic N) is 2. The lowest BCUT2D eigenvalue weighted by molar-refractivity contribution is -0.139. The molecule has 106 valence electrons. The molecule has 0 amide bonds. The molecule has 5 nitrogen and oxygen atoms in total. The third-order valence-electron chi connectivity index (χ3n) is 3.77. The van der Waals surface area contributed by atoms with Crippen molar-refractivity contribution in [2.45, 2.75) is 39.3 Å². The molecule has 1 rings (SSSR count). The lowest BCUT2D eigenvalue weighted by Gasteiger charge is -2.27. The van der Waals surface area contributed by atoms with Crippen LogP contribution in [0, 0.1) is 0 Å². The van der Waals surface area contributed by atoms with Gasteiger partial charge >= 0.3 is 5.97 Å². The summed E-state index contributed by atoms with van der Waals surface area (Å²) < 4.78 is 0. The molecular weight excluding hydrogens is 230 g/mol. The van der Waals surface area contributed by atoms with E-state index in [1.54, 1.807) is 0 Å². The number of likely N-dealkylation sites (tertiary alicyclic amines) is 1. The van der Waals surface area contributed by atoms with Gasteiger partial charge in [0.25, 0.3) is 0 Å². The molecule has 2 atom stereocenters. The van der Waals surface area contributed by atoms with Gasteiger partial charge in [-0.25, -0.2) is 0 Å². The van der Waals surface area contributed by atoms with E-state index in [-0.39, 0.29) is 0 Å². The molecule has 0 bridgehead atoms. The molecule has 18 heavy (non-hydrogen) atoms. The Morgan fingerprint density at radius 2 is 2.11 bits per heavy atom. The van der Waals surface area contributed by atoms with Crippen LogP contribution in [-0.2, 0) is 4.79 Å². The number of hydrogen-bond acceptors (Lipinski definition) is 4. The first-order valence-electron chi connectivity index (χ1n) is 7.04. The summed E-state index contributed by atoms with van der Waals surface area (Å²) in [6, 6.07) is 0.154. The van der Waals surface area contributed by atoms with Crippen molar-refractivity contribution in [3.63, 3.8) is 0 Å². The fraction of sp³-hybridized carbons (Fsp3) is 0.923. The van der Waals surface area contributed by atoms with E-state index in [4.69, 9.17) is 5.11 Å². The van der Waals surface area contributed by atoms with Crippen molar-refractivity contribution in [2.24, 2.45) is 0 Å². The average molecular weight is 257 g/mol. The number of nitrogens with one attached hydrogen (secondary N) is 1. The van der Waals surface area contributed by atoms with Crippen LogP contribution >= 0.6 is 0 Å². The Balaban J connectivity index is 2.43. The summed E-state index contributed by atoms with van der Waals surface area (Å²) in [7, 11) is 0. The number of likely N-dealkylation sites (N-methyl/N-ethyl adjacent to an activating group) is 2. The summed E-state index contributed by atoms with van der Waals surface area (Å²) in [6.45, 7) is 11.8. The summed E-state index contributed by atoms with van der Waals surface area (Å²) in [5.74, 6) is -0.747. The molecule has 0 aromatic rings. The highest BCUT2D eigenvalue weighted by atomic mass is 16.4. The van der Waals surface area contributed by atoms with E-state index in [2.05, 4.69) is 29.0 Å². The van der Waals surface area contributed by atoms with Gasteiger partial charge in [-0.1, -0.05) is 20.8 Å².